The second-order valence-corrected chi connectivity index (χ2v) is 4.60. The van der Waals surface area contributed by atoms with E-state index in [0.29, 0.717) is 5.69 Å². The lowest BCUT2D eigenvalue weighted by atomic mass is 10.2. The maximum atomic E-state index is 12.1. The first kappa shape index (κ1) is 13.7. The Labute approximate surface area is 115 Å². The Balaban J connectivity index is 2.35. The lowest BCUT2D eigenvalue weighted by Gasteiger charge is -2.13. The normalized spacial score (nSPS) is 21.5. The minimum Gasteiger partial charge on any atom is -0.394 e. The highest BCUT2D eigenvalue weighted by molar-refractivity contribution is 6.68. The van der Waals surface area contributed by atoms with Crippen LogP contribution in [0, 0.1) is 6.92 Å². The molecule has 1 fully saturated rings. The van der Waals surface area contributed by atoms with E-state index in [2.05, 4.69) is 4.99 Å². The summed E-state index contributed by atoms with van der Waals surface area (Å²) in [6.07, 6.45) is 0. The van der Waals surface area contributed by atoms with Crippen LogP contribution in [-0.4, -0.2) is 41.2 Å². The fraction of sp³-hybridized carbons (Fsp3) is 0.308. The number of hydrogen-bond donors (Lipinski definition) is 1. The lowest BCUT2D eigenvalue weighted by Crippen LogP contribution is -2.31. The second kappa shape index (κ2) is 5.50. The summed E-state index contributed by atoms with van der Waals surface area (Å²) >= 11 is 5.91. The highest BCUT2D eigenvalue weighted by Crippen LogP contribution is 2.24. The predicted octanol–water partition coefficient (Wildman–Crippen LogP) is 0.909. The number of hydrogen-bond acceptors (Lipinski definition) is 4. The van der Waals surface area contributed by atoms with Gasteiger partial charge in [-0.25, -0.2) is 4.90 Å². The van der Waals surface area contributed by atoms with Gasteiger partial charge < -0.3 is 5.11 Å². The first-order valence-electron chi connectivity index (χ1n) is 5.80. The van der Waals surface area contributed by atoms with Gasteiger partial charge in [0.05, 0.1) is 18.8 Å². The molecule has 1 saturated heterocycles. The van der Waals surface area contributed by atoms with E-state index >= 15 is 0 Å². The van der Waals surface area contributed by atoms with E-state index in [-0.39, 0.29) is 18.9 Å². The number of anilines is 1. The molecule has 2 rings (SSSR count). The van der Waals surface area contributed by atoms with Crippen LogP contribution < -0.4 is 4.90 Å². The summed E-state index contributed by atoms with van der Waals surface area (Å²) in [5.74, 6) is -1.03. The van der Waals surface area contributed by atoms with Crippen molar-refractivity contribution in [3.8, 4) is 0 Å². The van der Waals surface area contributed by atoms with Gasteiger partial charge in [0.2, 0.25) is 0 Å². The molecule has 0 spiro atoms. The second-order valence-electron chi connectivity index (χ2n) is 4.17. The highest BCUT2D eigenvalue weighted by atomic mass is 35.5. The maximum Gasteiger partial charge on any atom is 0.281 e. The van der Waals surface area contributed by atoms with Gasteiger partial charge in [0.15, 0.2) is 5.38 Å². The molecule has 1 aromatic carbocycles. The number of carbonyl (C=O) groups is 2. The Morgan fingerprint density at radius 1 is 1.32 bits per heavy atom. The van der Waals surface area contributed by atoms with Gasteiger partial charge in [-0.3, -0.25) is 14.6 Å². The molecule has 1 unspecified atom stereocenters. The SMILES string of the molecule is Cc1ccc(N2C(=O)C(=NCCO)C(Cl)C2=O)cc1. The zero-order chi connectivity index (χ0) is 14.0. The average Bonchev–Trinajstić information content (AvgIpc) is 2.60. The molecular weight excluding hydrogens is 268 g/mol. The van der Waals surface area contributed by atoms with Crippen molar-refractivity contribution in [2.75, 3.05) is 18.1 Å². The molecule has 1 atom stereocenters. The van der Waals surface area contributed by atoms with Gasteiger partial charge in [0.25, 0.3) is 11.8 Å². The Bertz CT molecular complexity index is 539. The Hall–Kier alpha value is -1.72. The van der Waals surface area contributed by atoms with Crippen LogP contribution >= 0.6 is 11.6 Å². The number of amides is 2. The molecule has 0 saturated carbocycles. The number of aryl methyl sites for hydroxylation is 1. The number of aliphatic hydroxyl groups is 1. The summed E-state index contributed by atoms with van der Waals surface area (Å²) in [5.41, 5.74) is 1.49. The molecule has 6 heteroatoms. The van der Waals surface area contributed by atoms with E-state index in [0.717, 1.165) is 10.5 Å². The quantitative estimate of drug-likeness (QED) is 0.661. The van der Waals surface area contributed by atoms with E-state index in [1.54, 1.807) is 12.1 Å². The van der Waals surface area contributed by atoms with Crippen LogP contribution in [0.15, 0.2) is 29.3 Å². The zero-order valence-electron chi connectivity index (χ0n) is 10.3. The summed E-state index contributed by atoms with van der Waals surface area (Å²) in [6, 6.07) is 6.98. The summed E-state index contributed by atoms with van der Waals surface area (Å²) in [4.78, 5) is 29.0. The Morgan fingerprint density at radius 3 is 2.53 bits per heavy atom. The molecule has 0 aliphatic carbocycles. The first-order chi connectivity index (χ1) is 9.06. The van der Waals surface area contributed by atoms with Crippen molar-refractivity contribution in [1.29, 1.82) is 0 Å². The minimum atomic E-state index is -1.08. The van der Waals surface area contributed by atoms with Crippen molar-refractivity contribution in [1.82, 2.24) is 0 Å². The molecule has 2 amide bonds. The van der Waals surface area contributed by atoms with Gasteiger partial charge in [-0.15, -0.1) is 11.6 Å². The van der Waals surface area contributed by atoms with Crippen molar-refractivity contribution >= 4 is 34.8 Å². The zero-order valence-corrected chi connectivity index (χ0v) is 11.1. The third-order valence-electron chi connectivity index (χ3n) is 2.77. The van der Waals surface area contributed by atoms with Crippen LogP contribution in [0.2, 0.25) is 0 Å². The van der Waals surface area contributed by atoms with Gasteiger partial charge in [-0.05, 0) is 19.1 Å². The summed E-state index contributed by atoms with van der Waals surface area (Å²) in [5, 5.41) is 7.64. The van der Waals surface area contributed by atoms with Gasteiger partial charge >= 0.3 is 0 Å². The lowest BCUT2D eigenvalue weighted by molar-refractivity contribution is -0.120. The number of aliphatic hydroxyl groups excluding tert-OH is 1. The number of aliphatic imine (C=N–C) groups is 1. The van der Waals surface area contributed by atoms with E-state index in [9.17, 15) is 9.59 Å². The molecule has 1 aliphatic heterocycles. The molecule has 100 valence electrons. The highest BCUT2D eigenvalue weighted by Gasteiger charge is 2.44. The molecule has 0 radical (unpaired) electrons. The Kier molecular flexibility index (Phi) is 3.97. The average molecular weight is 281 g/mol. The van der Waals surface area contributed by atoms with Crippen molar-refractivity contribution in [3.63, 3.8) is 0 Å². The van der Waals surface area contributed by atoms with Crippen LogP contribution in [0.3, 0.4) is 0 Å². The third kappa shape index (κ3) is 2.52. The fourth-order valence-corrected chi connectivity index (χ4v) is 2.07. The van der Waals surface area contributed by atoms with Crippen LogP contribution in [0.1, 0.15) is 5.56 Å². The molecule has 5 nitrogen and oxygen atoms in total. The predicted molar refractivity (Wildman–Crippen MR) is 72.7 cm³/mol. The first-order valence-corrected chi connectivity index (χ1v) is 6.24. The van der Waals surface area contributed by atoms with Crippen molar-refractivity contribution < 1.29 is 14.7 Å². The van der Waals surface area contributed by atoms with Gasteiger partial charge in [-0.1, -0.05) is 17.7 Å². The van der Waals surface area contributed by atoms with Gasteiger partial charge in [0, 0.05) is 0 Å². The van der Waals surface area contributed by atoms with E-state index in [1.165, 1.54) is 0 Å². The third-order valence-corrected chi connectivity index (χ3v) is 3.17. The number of carbonyl (C=O) groups excluding carboxylic acids is 2. The van der Waals surface area contributed by atoms with Gasteiger partial charge in [0.1, 0.15) is 5.71 Å². The Morgan fingerprint density at radius 2 is 1.95 bits per heavy atom. The minimum absolute atomic E-state index is 0.0127. The smallest absolute Gasteiger partial charge is 0.281 e. The molecule has 0 aromatic heterocycles. The number of rotatable bonds is 3. The molecule has 1 aliphatic rings. The molecule has 1 heterocycles. The standard InChI is InChI=1S/C13H13ClN2O3/c1-8-2-4-9(5-3-8)16-12(18)10(14)11(13(16)19)15-6-7-17/h2-5,10,17H,6-7H2,1H3. The van der Waals surface area contributed by atoms with Crippen molar-refractivity contribution in [3.05, 3.63) is 29.8 Å². The van der Waals surface area contributed by atoms with Crippen LogP contribution in [-0.2, 0) is 9.59 Å². The number of imide groups is 1. The van der Waals surface area contributed by atoms with Crippen molar-refractivity contribution in [2.45, 2.75) is 12.3 Å². The van der Waals surface area contributed by atoms with E-state index in [1.807, 2.05) is 19.1 Å². The van der Waals surface area contributed by atoms with Gasteiger partial charge in [-0.2, -0.15) is 0 Å². The van der Waals surface area contributed by atoms with Crippen LogP contribution in [0.4, 0.5) is 5.69 Å². The monoisotopic (exact) mass is 280 g/mol. The van der Waals surface area contributed by atoms with E-state index < -0.39 is 17.2 Å². The molecule has 19 heavy (non-hydrogen) atoms. The fourth-order valence-electron chi connectivity index (χ4n) is 1.81. The summed E-state index contributed by atoms with van der Waals surface area (Å²) < 4.78 is 0. The molecule has 1 N–H and O–H groups in total. The van der Waals surface area contributed by atoms with Crippen LogP contribution in [0.5, 0.6) is 0 Å². The molecule has 0 bridgehead atoms. The number of nitrogens with zero attached hydrogens (tertiary/aromatic N) is 2. The van der Waals surface area contributed by atoms with Crippen LogP contribution in [0.25, 0.3) is 0 Å². The topological polar surface area (TPSA) is 70.0 Å². The summed E-state index contributed by atoms with van der Waals surface area (Å²) in [6.45, 7) is 1.77. The van der Waals surface area contributed by atoms with Crippen molar-refractivity contribution in [2.24, 2.45) is 4.99 Å². The number of benzene rings is 1. The number of halogens is 1. The van der Waals surface area contributed by atoms with E-state index in [4.69, 9.17) is 16.7 Å². The number of alkyl halides is 1. The largest absolute Gasteiger partial charge is 0.394 e. The molecular formula is C13H13ClN2O3. The maximum absolute atomic E-state index is 12.1. The summed E-state index contributed by atoms with van der Waals surface area (Å²) in [7, 11) is 0. The molecule has 1 aromatic rings.